The van der Waals surface area contributed by atoms with Crippen molar-refractivity contribution in [3.8, 4) is 11.8 Å². The lowest BCUT2D eigenvalue weighted by Crippen LogP contribution is -2.29. The van der Waals surface area contributed by atoms with Gasteiger partial charge in [-0.1, -0.05) is 36.3 Å². The van der Waals surface area contributed by atoms with Crippen LogP contribution in [0.1, 0.15) is 12.5 Å². The van der Waals surface area contributed by atoms with Gasteiger partial charge in [0.15, 0.2) is 0 Å². The van der Waals surface area contributed by atoms with Gasteiger partial charge in [0.25, 0.3) is 0 Å². The number of hydrogen-bond acceptors (Lipinski definition) is 2. The summed E-state index contributed by atoms with van der Waals surface area (Å²) in [6.07, 6.45) is 1.01. The van der Waals surface area contributed by atoms with Gasteiger partial charge >= 0.3 is 0 Å². The molecule has 0 aliphatic heterocycles. The van der Waals surface area contributed by atoms with E-state index in [1.165, 1.54) is 5.56 Å². The lowest BCUT2D eigenvalue weighted by atomic mass is 10.1. The third-order valence-corrected chi connectivity index (χ3v) is 2.46. The van der Waals surface area contributed by atoms with E-state index in [1.54, 1.807) is 0 Å². The van der Waals surface area contributed by atoms with Gasteiger partial charge in [0.1, 0.15) is 0 Å². The molecule has 2 heteroatoms. The zero-order chi connectivity index (χ0) is 11.6. The van der Waals surface area contributed by atoms with Crippen LogP contribution in [0.25, 0.3) is 0 Å². The largest absolute Gasteiger partial charge is 0.395 e. The summed E-state index contributed by atoms with van der Waals surface area (Å²) in [7, 11) is 0. The Hall–Kier alpha value is -1.30. The van der Waals surface area contributed by atoms with Gasteiger partial charge in [-0.3, -0.25) is 4.90 Å². The third-order valence-electron chi connectivity index (χ3n) is 2.46. The highest BCUT2D eigenvalue weighted by Gasteiger charge is 2.02. The number of rotatable bonds is 6. The second kappa shape index (κ2) is 7.92. The summed E-state index contributed by atoms with van der Waals surface area (Å²) < 4.78 is 0. The Balaban J connectivity index is 2.39. The molecule has 16 heavy (non-hydrogen) atoms. The van der Waals surface area contributed by atoms with Crippen LogP contribution in [-0.4, -0.2) is 36.2 Å². The second-order valence-electron chi connectivity index (χ2n) is 3.66. The van der Waals surface area contributed by atoms with Gasteiger partial charge in [0.05, 0.1) is 13.2 Å². The molecule has 0 heterocycles. The van der Waals surface area contributed by atoms with Crippen LogP contribution < -0.4 is 0 Å². The van der Waals surface area contributed by atoms with Crippen molar-refractivity contribution < 1.29 is 5.11 Å². The van der Waals surface area contributed by atoms with E-state index in [4.69, 9.17) is 5.11 Å². The Morgan fingerprint density at radius 1 is 1.19 bits per heavy atom. The standard InChI is InChI=1S/C14H19NO/c1-2-3-10-15(12-13-16)11-9-14-7-5-4-6-8-14/h4-8,16H,9-13H2,1H3. The van der Waals surface area contributed by atoms with Gasteiger partial charge in [-0.2, -0.15) is 0 Å². The molecule has 0 aliphatic carbocycles. The molecule has 1 N–H and O–H groups in total. The van der Waals surface area contributed by atoms with Gasteiger partial charge in [-0.15, -0.1) is 5.92 Å². The van der Waals surface area contributed by atoms with Gasteiger partial charge in [0, 0.05) is 13.1 Å². The third kappa shape index (κ3) is 4.97. The molecule has 0 atom stereocenters. The Bertz CT molecular complexity index is 337. The van der Waals surface area contributed by atoms with Crippen molar-refractivity contribution in [3.05, 3.63) is 35.9 Å². The molecular formula is C14H19NO. The SMILES string of the molecule is CC#CCN(CCO)CCc1ccccc1. The summed E-state index contributed by atoms with van der Waals surface area (Å²) in [5.41, 5.74) is 1.33. The molecule has 1 aromatic rings. The van der Waals surface area contributed by atoms with Crippen LogP contribution >= 0.6 is 0 Å². The Labute approximate surface area is 97.9 Å². The molecular weight excluding hydrogens is 198 g/mol. The summed E-state index contributed by atoms with van der Waals surface area (Å²) >= 11 is 0. The van der Waals surface area contributed by atoms with Crippen LogP contribution in [0.15, 0.2) is 30.3 Å². The van der Waals surface area contributed by atoms with E-state index in [9.17, 15) is 0 Å². The molecule has 2 nitrogen and oxygen atoms in total. The van der Waals surface area contributed by atoms with Crippen molar-refractivity contribution in [1.29, 1.82) is 0 Å². The first-order valence-electron chi connectivity index (χ1n) is 5.63. The number of nitrogens with zero attached hydrogens (tertiary/aromatic N) is 1. The zero-order valence-corrected chi connectivity index (χ0v) is 9.82. The zero-order valence-electron chi connectivity index (χ0n) is 9.82. The Kier molecular flexibility index (Phi) is 6.32. The Morgan fingerprint density at radius 3 is 2.56 bits per heavy atom. The van der Waals surface area contributed by atoms with E-state index in [2.05, 4.69) is 41.0 Å². The van der Waals surface area contributed by atoms with Gasteiger partial charge < -0.3 is 5.11 Å². The molecule has 0 saturated carbocycles. The number of hydrogen-bond donors (Lipinski definition) is 1. The average Bonchev–Trinajstić information content (AvgIpc) is 2.34. The van der Waals surface area contributed by atoms with Crippen molar-refractivity contribution in [3.63, 3.8) is 0 Å². The van der Waals surface area contributed by atoms with Gasteiger partial charge in [0.2, 0.25) is 0 Å². The topological polar surface area (TPSA) is 23.5 Å². The summed E-state index contributed by atoms with van der Waals surface area (Å²) in [6, 6.07) is 10.4. The van der Waals surface area contributed by atoms with Crippen LogP contribution in [0.2, 0.25) is 0 Å². The minimum Gasteiger partial charge on any atom is -0.395 e. The van der Waals surface area contributed by atoms with E-state index in [1.807, 2.05) is 13.0 Å². The summed E-state index contributed by atoms with van der Waals surface area (Å²) in [4.78, 5) is 2.17. The van der Waals surface area contributed by atoms with E-state index in [-0.39, 0.29) is 6.61 Å². The first-order chi connectivity index (χ1) is 7.86. The fourth-order valence-corrected chi connectivity index (χ4v) is 1.53. The van der Waals surface area contributed by atoms with Crippen LogP contribution in [0.4, 0.5) is 0 Å². The first kappa shape index (κ1) is 12.8. The molecule has 86 valence electrons. The molecule has 0 bridgehead atoms. The molecule has 0 fully saturated rings. The van der Waals surface area contributed by atoms with E-state index >= 15 is 0 Å². The second-order valence-corrected chi connectivity index (χ2v) is 3.66. The molecule has 0 saturated heterocycles. The van der Waals surface area contributed by atoms with E-state index in [0.29, 0.717) is 6.54 Å². The minimum absolute atomic E-state index is 0.195. The highest BCUT2D eigenvalue weighted by Crippen LogP contribution is 2.01. The van der Waals surface area contributed by atoms with Crippen molar-refractivity contribution in [1.82, 2.24) is 4.90 Å². The highest BCUT2D eigenvalue weighted by molar-refractivity contribution is 5.15. The molecule has 0 aromatic heterocycles. The van der Waals surface area contributed by atoms with Crippen LogP contribution in [0.3, 0.4) is 0 Å². The maximum Gasteiger partial charge on any atom is 0.0602 e. The van der Waals surface area contributed by atoms with Crippen molar-refractivity contribution in [2.24, 2.45) is 0 Å². The maximum absolute atomic E-state index is 8.94. The molecule has 0 radical (unpaired) electrons. The molecule has 0 amide bonds. The normalized spacial score (nSPS) is 9.94. The smallest absolute Gasteiger partial charge is 0.0602 e. The van der Waals surface area contributed by atoms with Crippen LogP contribution in [-0.2, 0) is 6.42 Å². The van der Waals surface area contributed by atoms with Crippen molar-refractivity contribution >= 4 is 0 Å². The van der Waals surface area contributed by atoms with Gasteiger partial charge in [-0.05, 0) is 18.9 Å². The van der Waals surface area contributed by atoms with Crippen LogP contribution in [0, 0.1) is 11.8 Å². The molecule has 1 rings (SSSR count). The summed E-state index contributed by atoms with van der Waals surface area (Å²) in [5, 5.41) is 8.94. The molecule has 0 unspecified atom stereocenters. The van der Waals surface area contributed by atoms with Crippen LogP contribution in [0.5, 0.6) is 0 Å². The molecule has 0 spiro atoms. The minimum atomic E-state index is 0.195. The van der Waals surface area contributed by atoms with E-state index in [0.717, 1.165) is 19.5 Å². The molecule has 1 aromatic carbocycles. The quantitative estimate of drug-likeness (QED) is 0.731. The fraction of sp³-hybridized carbons (Fsp3) is 0.429. The van der Waals surface area contributed by atoms with E-state index < -0.39 is 0 Å². The lowest BCUT2D eigenvalue weighted by molar-refractivity contribution is 0.211. The first-order valence-corrected chi connectivity index (χ1v) is 5.63. The number of aliphatic hydroxyl groups is 1. The van der Waals surface area contributed by atoms with Gasteiger partial charge in [-0.25, -0.2) is 0 Å². The monoisotopic (exact) mass is 217 g/mol. The van der Waals surface area contributed by atoms with Crippen molar-refractivity contribution in [2.45, 2.75) is 13.3 Å². The predicted octanol–water partition coefficient (Wildman–Crippen LogP) is 1.55. The number of benzene rings is 1. The predicted molar refractivity (Wildman–Crippen MR) is 67.1 cm³/mol. The number of aliphatic hydroxyl groups excluding tert-OH is 1. The Morgan fingerprint density at radius 2 is 1.94 bits per heavy atom. The van der Waals surface area contributed by atoms with Crippen molar-refractivity contribution in [2.75, 3.05) is 26.2 Å². The fourth-order valence-electron chi connectivity index (χ4n) is 1.53. The maximum atomic E-state index is 8.94. The summed E-state index contributed by atoms with van der Waals surface area (Å²) in [6.45, 7) is 4.42. The lowest BCUT2D eigenvalue weighted by Gasteiger charge is -2.18. The molecule has 0 aliphatic rings. The highest BCUT2D eigenvalue weighted by atomic mass is 16.3. The average molecular weight is 217 g/mol. The summed E-state index contributed by atoms with van der Waals surface area (Å²) in [5.74, 6) is 5.92.